The van der Waals surface area contributed by atoms with Crippen molar-refractivity contribution in [1.29, 1.82) is 0 Å². The highest BCUT2D eigenvalue weighted by Crippen LogP contribution is 2.12. The molecule has 0 saturated carbocycles. The molecule has 0 radical (unpaired) electrons. The van der Waals surface area contributed by atoms with Crippen molar-refractivity contribution >= 4 is 0 Å². The first kappa shape index (κ1) is 10.5. The minimum atomic E-state index is -0.0217. The van der Waals surface area contributed by atoms with Crippen LogP contribution in [-0.4, -0.2) is 11.1 Å². The summed E-state index contributed by atoms with van der Waals surface area (Å²) in [4.78, 5) is 0. The highest BCUT2D eigenvalue weighted by atomic mass is 16.4. The van der Waals surface area contributed by atoms with Gasteiger partial charge in [0.15, 0.2) is 0 Å². The van der Waals surface area contributed by atoms with E-state index in [1.165, 1.54) is 6.42 Å². The van der Waals surface area contributed by atoms with Crippen molar-refractivity contribution in [3.8, 4) is 0 Å². The van der Waals surface area contributed by atoms with Crippen molar-refractivity contribution in [1.82, 2.24) is 5.32 Å². The van der Waals surface area contributed by atoms with E-state index in [0.717, 1.165) is 25.1 Å². The summed E-state index contributed by atoms with van der Waals surface area (Å²) in [6, 6.07) is 4.30. The number of hydrogen-bond donors (Lipinski definition) is 2. The summed E-state index contributed by atoms with van der Waals surface area (Å²) in [6.07, 6.45) is 7.92. The maximum absolute atomic E-state index is 8.84. The molecule has 0 bridgehead atoms. The van der Waals surface area contributed by atoms with Crippen molar-refractivity contribution in [2.75, 3.05) is 0 Å². The van der Waals surface area contributed by atoms with Crippen LogP contribution in [0.5, 0.6) is 0 Å². The Hall–Kier alpha value is -1.06. The third kappa shape index (κ3) is 2.94. The molecule has 1 aliphatic rings. The molecule has 1 unspecified atom stereocenters. The lowest BCUT2D eigenvalue weighted by atomic mass is 10.0. The molecule has 3 nitrogen and oxygen atoms in total. The van der Waals surface area contributed by atoms with Crippen molar-refractivity contribution in [3.63, 3.8) is 0 Å². The topological polar surface area (TPSA) is 45.4 Å². The van der Waals surface area contributed by atoms with Crippen molar-refractivity contribution in [2.24, 2.45) is 0 Å². The van der Waals surface area contributed by atoms with Crippen molar-refractivity contribution in [2.45, 2.75) is 38.5 Å². The van der Waals surface area contributed by atoms with Crippen molar-refractivity contribution in [3.05, 3.63) is 35.8 Å². The van der Waals surface area contributed by atoms with Crippen LogP contribution in [0.25, 0.3) is 0 Å². The summed E-state index contributed by atoms with van der Waals surface area (Å²) in [6.45, 7) is 0.727. The van der Waals surface area contributed by atoms with Gasteiger partial charge in [0.25, 0.3) is 0 Å². The van der Waals surface area contributed by atoms with Crippen LogP contribution < -0.4 is 5.32 Å². The van der Waals surface area contributed by atoms with E-state index in [-0.39, 0.29) is 6.61 Å². The third-order valence-corrected chi connectivity index (χ3v) is 2.71. The molecule has 1 atom stereocenters. The van der Waals surface area contributed by atoms with Crippen LogP contribution in [0.4, 0.5) is 0 Å². The summed E-state index contributed by atoms with van der Waals surface area (Å²) >= 11 is 0. The second-order valence-electron chi connectivity index (χ2n) is 3.89. The third-order valence-electron chi connectivity index (χ3n) is 2.71. The summed E-state index contributed by atoms with van der Waals surface area (Å²) in [5, 5.41) is 12.3. The van der Waals surface area contributed by atoms with E-state index in [4.69, 9.17) is 9.52 Å². The van der Waals surface area contributed by atoms with Crippen molar-refractivity contribution < 1.29 is 9.52 Å². The van der Waals surface area contributed by atoms with Crippen LogP contribution in [-0.2, 0) is 13.2 Å². The molecular formula is C12H17NO2. The molecule has 0 aromatic carbocycles. The number of furan rings is 1. The van der Waals surface area contributed by atoms with E-state index in [0.29, 0.717) is 11.8 Å². The van der Waals surface area contributed by atoms with E-state index in [2.05, 4.69) is 17.5 Å². The Labute approximate surface area is 89.8 Å². The second-order valence-corrected chi connectivity index (χ2v) is 3.89. The molecule has 3 heteroatoms. The molecule has 0 fully saturated rings. The second kappa shape index (κ2) is 5.14. The monoisotopic (exact) mass is 207 g/mol. The lowest BCUT2D eigenvalue weighted by molar-refractivity contribution is 0.242. The van der Waals surface area contributed by atoms with Gasteiger partial charge in [0.1, 0.15) is 18.1 Å². The molecule has 2 rings (SSSR count). The Morgan fingerprint density at radius 2 is 2.20 bits per heavy atom. The highest BCUT2D eigenvalue weighted by molar-refractivity contribution is 5.06. The van der Waals surface area contributed by atoms with E-state index in [9.17, 15) is 0 Å². The van der Waals surface area contributed by atoms with Gasteiger partial charge in [0, 0.05) is 6.04 Å². The normalized spacial score (nSPS) is 20.7. The lowest BCUT2D eigenvalue weighted by Crippen LogP contribution is -2.28. The zero-order valence-corrected chi connectivity index (χ0v) is 8.78. The van der Waals surface area contributed by atoms with Gasteiger partial charge in [-0.25, -0.2) is 0 Å². The van der Waals surface area contributed by atoms with E-state index in [1.54, 1.807) is 0 Å². The maximum Gasteiger partial charge on any atom is 0.129 e. The van der Waals surface area contributed by atoms with Crippen LogP contribution in [0.3, 0.4) is 0 Å². The number of aliphatic hydroxyl groups is 1. The fourth-order valence-corrected chi connectivity index (χ4v) is 1.83. The van der Waals surface area contributed by atoms with Gasteiger partial charge < -0.3 is 14.8 Å². The first-order chi connectivity index (χ1) is 7.38. The standard InChI is InChI=1S/C12H17NO2/c14-9-12-7-6-11(15-12)8-13-10-4-2-1-3-5-10/h1-2,6-7,10,13-14H,3-5,8-9H2. The van der Waals surface area contributed by atoms with Crippen LogP contribution in [0.1, 0.15) is 30.8 Å². The number of aliphatic hydroxyl groups excluding tert-OH is 1. The predicted molar refractivity (Wildman–Crippen MR) is 58.2 cm³/mol. The van der Waals surface area contributed by atoms with E-state index >= 15 is 0 Å². The molecule has 82 valence electrons. The predicted octanol–water partition coefficient (Wildman–Crippen LogP) is 1.97. The molecule has 0 amide bonds. The van der Waals surface area contributed by atoms with Gasteiger partial charge in [-0.2, -0.15) is 0 Å². The van der Waals surface area contributed by atoms with E-state index < -0.39 is 0 Å². The van der Waals surface area contributed by atoms with Crippen LogP contribution >= 0.6 is 0 Å². The molecular weight excluding hydrogens is 190 g/mol. The first-order valence-electron chi connectivity index (χ1n) is 5.45. The summed E-state index contributed by atoms with van der Waals surface area (Å²) in [7, 11) is 0. The highest BCUT2D eigenvalue weighted by Gasteiger charge is 2.09. The minimum Gasteiger partial charge on any atom is -0.462 e. The molecule has 15 heavy (non-hydrogen) atoms. The molecule has 0 saturated heterocycles. The first-order valence-corrected chi connectivity index (χ1v) is 5.45. The lowest BCUT2D eigenvalue weighted by Gasteiger charge is -2.18. The molecule has 0 spiro atoms. The largest absolute Gasteiger partial charge is 0.462 e. The van der Waals surface area contributed by atoms with Gasteiger partial charge in [-0.05, 0) is 31.4 Å². The Morgan fingerprint density at radius 3 is 2.87 bits per heavy atom. The number of nitrogens with one attached hydrogen (secondary N) is 1. The molecule has 1 aliphatic carbocycles. The Morgan fingerprint density at radius 1 is 1.33 bits per heavy atom. The average molecular weight is 207 g/mol. The molecule has 1 aromatic rings. The molecule has 1 aromatic heterocycles. The summed E-state index contributed by atoms with van der Waals surface area (Å²) in [5.74, 6) is 1.53. The molecule has 0 aliphatic heterocycles. The number of hydrogen-bond acceptors (Lipinski definition) is 3. The van der Waals surface area contributed by atoms with Gasteiger partial charge in [0.05, 0.1) is 6.54 Å². The number of allylic oxidation sites excluding steroid dienone is 1. The Bertz CT molecular complexity index is 330. The Kier molecular flexibility index (Phi) is 3.59. The van der Waals surface area contributed by atoms with Gasteiger partial charge in [0.2, 0.25) is 0 Å². The smallest absolute Gasteiger partial charge is 0.129 e. The zero-order chi connectivity index (χ0) is 10.5. The van der Waals surface area contributed by atoms with Gasteiger partial charge in [-0.15, -0.1) is 0 Å². The summed E-state index contributed by atoms with van der Waals surface area (Å²) < 4.78 is 5.39. The summed E-state index contributed by atoms with van der Waals surface area (Å²) in [5.41, 5.74) is 0. The SMILES string of the molecule is OCc1ccc(CNC2CC=CCC2)o1. The average Bonchev–Trinajstić information content (AvgIpc) is 2.76. The molecule has 2 N–H and O–H groups in total. The maximum atomic E-state index is 8.84. The van der Waals surface area contributed by atoms with Gasteiger partial charge >= 0.3 is 0 Å². The zero-order valence-electron chi connectivity index (χ0n) is 8.78. The Balaban J connectivity index is 1.79. The van der Waals surface area contributed by atoms with Crippen LogP contribution in [0, 0.1) is 0 Å². The van der Waals surface area contributed by atoms with E-state index in [1.807, 2.05) is 12.1 Å². The molecule has 1 heterocycles. The van der Waals surface area contributed by atoms with Crippen LogP contribution in [0.15, 0.2) is 28.7 Å². The fraction of sp³-hybridized carbons (Fsp3) is 0.500. The minimum absolute atomic E-state index is 0.0217. The van der Waals surface area contributed by atoms with Gasteiger partial charge in [-0.3, -0.25) is 0 Å². The number of rotatable bonds is 4. The van der Waals surface area contributed by atoms with Crippen LogP contribution in [0.2, 0.25) is 0 Å². The quantitative estimate of drug-likeness (QED) is 0.742. The fourth-order valence-electron chi connectivity index (χ4n) is 1.83. The van der Waals surface area contributed by atoms with Gasteiger partial charge in [-0.1, -0.05) is 12.2 Å².